The molecular weight excluding hydrogens is 329 g/mol. The molecule has 0 heterocycles. The van der Waals surface area contributed by atoms with Gasteiger partial charge in [-0.3, -0.25) is 0 Å². The van der Waals surface area contributed by atoms with E-state index in [1.54, 1.807) is 6.07 Å². The molecule has 2 aromatic carbocycles. The highest BCUT2D eigenvalue weighted by molar-refractivity contribution is 5.36. The molecule has 0 aliphatic carbocycles. The number of aliphatic hydroxyl groups is 1. The molecule has 0 saturated heterocycles. The minimum atomic E-state index is -0.618. The maximum Gasteiger partial charge on any atom is 0.130 e. The maximum absolute atomic E-state index is 12.8. The summed E-state index contributed by atoms with van der Waals surface area (Å²) >= 11 is 0. The first-order valence-electron chi connectivity index (χ1n) is 8.02. The molecule has 0 saturated carbocycles. The average molecular weight is 354 g/mol. The van der Waals surface area contributed by atoms with Crippen LogP contribution in [0.3, 0.4) is 0 Å². The van der Waals surface area contributed by atoms with Gasteiger partial charge in [-0.1, -0.05) is 24.3 Å². The number of phenolic OH excluding ortho intramolecular Hbond substituents is 1. The molecule has 0 radical (unpaired) electrons. The van der Waals surface area contributed by atoms with Crippen molar-refractivity contribution < 1.29 is 32.3 Å². The molecule has 0 aliphatic heterocycles. The molecule has 5 heteroatoms. The molecule has 2 aromatic rings. The van der Waals surface area contributed by atoms with Crippen LogP contribution in [0.15, 0.2) is 42.5 Å². The molecule has 132 valence electrons. The van der Waals surface area contributed by atoms with Gasteiger partial charge in [-0.05, 0) is 55.2 Å². The summed E-state index contributed by atoms with van der Waals surface area (Å²) in [6, 6.07) is 11.9. The number of nitrogens with two attached hydrogens (primary N) is 1. The molecule has 2 rings (SSSR count). The number of rotatable bonds is 7. The largest absolute Gasteiger partial charge is 1.00 e. The van der Waals surface area contributed by atoms with Crippen LogP contribution in [-0.4, -0.2) is 22.8 Å². The van der Waals surface area contributed by atoms with Gasteiger partial charge in [0.1, 0.15) is 23.7 Å². The Morgan fingerprint density at radius 1 is 1.12 bits per heavy atom. The fourth-order valence-corrected chi connectivity index (χ4v) is 2.58. The zero-order chi connectivity index (χ0) is 16.8. The van der Waals surface area contributed by atoms with Crippen LogP contribution >= 0.6 is 0 Å². The van der Waals surface area contributed by atoms with Gasteiger partial charge >= 0.3 is 0 Å². The van der Waals surface area contributed by atoms with Gasteiger partial charge in [-0.15, -0.1) is 0 Å². The van der Waals surface area contributed by atoms with Crippen LogP contribution in [0.1, 0.15) is 36.1 Å². The van der Waals surface area contributed by atoms with Gasteiger partial charge in [0.25, 0.3) is 0 Å². The molecule has 0 bridgehead atoms. The van der Waals surface area contributed by atoms with E-state index in [1.165, 1.54) is 12.1 Å². The minimum absolute atomic E-state index is 0. The Kier molecular flexibility index (Phi) is 8.19. The van der Waals surface area contributed by atoms with Crippen molar-refractivity contribution in [3.8, 4) is 5.75 Å². The molecule has 0 spiro atoms. The zero-order valence-corrected chi connectivity index (χ0v) is 14.8. The lowest BCUT2D eigenvalue weighted by atomic mass is 10.0. The molecular formula is C19H25ClFNO2. The van der Waals surface area contributed by atoms with Gasteiger partial charge in [0.15, 0.2) is 0 Å². The first-order chi connectivity index (χ1) is 11.0. The predicted molar refractivity (Wildman–Crippen MR) is 88.8 cm³/mol. The summed E-state index contributed by atoms with van der Waals surface area (Å²) in [5.41, 5.74) is 2.66. The van der Waals surface area contributed by atoms with Gasteiger partial charge in [-0.25, -0.2) is 4.39 Å². The van der Waals surface area contributed by atoms with Crippen molar-refractivity contribution in [2.75, 3.05) is 6.54 Å². The van der Waals surface area contributed by atoms with Crippen molar-refractivity contribution in [2.45, 2.75) is 38.8 Å². The second-order valence-corrected chi connectivity index (χ2v) is 6.10. The van der Waals surface area contributed by atoms with E-state index in [1.807, 2.05) is 38.1 Å². The summed E-state index contributed by atoms with van der Waals surface area (Å²) in [6.45, 7) is 4.68. The minimum Gasteiger partial charge on any atom is -1.00 e. The van der Waals surface area contributed by atoms with Crippen LogP contribution in [-0.2, 0) is 6.42 Å². The fraction of sp³-hybridized carbons (Fsp3) is 0.368. The number of aryl methyl sites for hydroxylation is 2. The fourth-order valence-electron chi connectivity index (χ4n) is 2.58. The zero-order valence-electron chi connectivity index (χ0n) is 14.0. The van der Waals surface area contributed by atoms with E-state index in [2.05, 4.69) is 5.32 Å². The summed E-state index contributed by atoms with van der Waals surface area (Å²) in [7, 11) is 0. The third kappa shape index (κ3) is 5.78. The summed E-state index contributed by atoms with van der Waals surface area (Å²) in [5.74, 6) is 0.00321. The second kappa shape index (κ2) is 9.62. The number of benzene rings is 2. The highest BCUT2D eigenvalue weighted by Crippen LogP contribution is 2.23. The number of quaternary nitrogens is 1. The third-order valence-electron chi connectivity index (χ3n) is 4.19. The topological polar surface area (TPSA) is 57.1 Å². The SMILES string of the molecule is Cc1ccc(C(O)C(C)[NH2+]CCCc2ccc(F)cc2)cc1O.[Cl-]. The van der Waals surface area contributed by atoms with E-state index in [-0.39, 0.29) is 30.0 Å². The van der Waals surface area contributed by atoms with E-state index >= 15 is 0 Å². The number of hydrogen-bond donors (Lipinski definition) is 3. The smallest absolute Gasteiger partial charge is 0.130 e. The van der Waals surface area contributed by atoms with E-state index in [0.29, 0.717) is 0 Å². The van der Waals surface area contributed by atoms with E-state index in [9.17, 15) is 14.6 Å². The van der Waals surface area contributed by atoms with Crippen LogP contribution < -0.4 is 17.7 Å². The maximum atomic E-state index is 12.8. The Hall–Kier alpha value is -1.62. The molecule has 0 amide bonds. The van der Waals surface area contributed by atoms with Crippen LogP contribution in [0.4, 0.5) is 4.39 Å². The Morgan fingerprint density at radius 2 is 1.79 bits per heavy atom. The Morgan fingerprint density at radius 3 is 2.42 bits per heavy atom. The van der Waals surface area contributed by atoms with E-state index < -0.39 is 6.10 Å². The van der Waals surface area contributed by atoms with Crippen LogP contribution in [0.25, 0.3) is 0 Å². The van der Waals surface area contributed by atoms with Gasteiger partial charge in [-0.2, -0.15) is 0 Å². The highest BCUT2D eigenvalue weighted by atomic mass is 35.5. The first-order valence-corrected chi connectivity index (χ1v) is 8.02. The lowest BCUT2D eigenvalue weighted by molar-refractivity contribution is -0.694. The Bertz CT molecular complexity index is 634. The highest BCUT2D eigenvalue weighted by Gasteiger charge is 2.19. The second-order valence-electron chi connectivity index (χ2n) is 6.10. The van der Waals surface area contributed by atoms with Gasteiger partial charge in [0, 0.05) is 6.42 Å². The lowest BCUT2D eigenvalue weighted by Gasteiger charge is -2.18. The van der Waals surface area contributed by atoms with Gasteiger partial charge < -0.3 is 27.9 Å². The van der Waals surface area contributed by atoms with E-state index in [0.717, 1.165) is 36.1 Å². The summed E-state index contributed by atoms with van der Waals surface area (Å²) in [6.07, 6.45) is 1.24. The number of aromatic hydroxyl groups is 1. The quantitative estimate of drug-likeness (QED) is 0.586. The van der Waals surface area contributed by atoms with Crippen molar-refractivity contribution in [1.82, 2.24) is 0 Å². The van der Waals surface area contributed by atoms with E-state index in [4.69, 9.17) is 0 Å². The first kappa shape index (κ1) is 20.4. The number of phenols is 1. The van der Waals surface area contributed by atoms with Crippen molar-refractivity contribution in [3.05, 3.63) is 65.0 Å². The number of halogens is 2. The Labute approximate surface area is 149 Å². The van der Waals surface area contributed by atoms with Crippen molar-refractivity contribution in [1.29, 1.82) is 0 Å². The van der Waals surface area contributed by atoms with Gasteiger partial charge in [0.2, 0.25) is 0 Å². The monoisotopic (exact) mass is 353 g/mol. The number of hydrogen-bond acceptors (Lipinski definition) is 2. The van der Waals surface area contributed by atoms with Crippen LogP contribution in [0, 0.1) is 12.7 Å². The third-order valence-corrected chi connectivity index (χ3v) is 4.19. The molecule has 0 aliphatic rings. The summed E-state index contributed by atoms with van der Waals surface area (Å²) in [5, 5.41) is 22.2. The van der Waals surface area contributed by atoms with Crippen molar-refractivity contribution in [3.63, 3.8) is 0 Å². The predicted octanol–water partition coefficient (Wildman–Crippen LogP) is -0.538. The lowest BCUT2D eigenvalue weighted by Crippen LogP contribution is -3.00. The average Bonchev–Trinajstić information content (AvgIpc) is 2.55. The Balaban J connectivity index is 0.00000288. The normalized spacial score (nSPS) is 13.2. The molecule has 0 aromatic heterocycles. The molecule has 4 N–H and O–H groups in total. The van der Waals surface area contributed by atoms with Crippen LogP contribution in [0.5, 0.6) is 5.75 Å². The standard InChI is InChI=1S/C19H24FNO2.ClH/c1-13-5-8-16(12-18(13)22)19(23)14(2)21-11-3-4-15-6-9-17(20)10-7-15;/h5-10,12,14,19,21-23H,3-4,11H2,1-2H3;1H. The van der Waals surface area contributed by atoms with Crippen molar-refractivity contribution >= 4 is 0 Å². The molecule has 2 unspecified atom stereocenters. The molecule has 2 atom stereocenters. The molecule has 24 heavy (non-hydrogen) atoms. The van der Waals surface area contributed by atoms with Crippen LogP contribution in [0.2, 0.25) is 0 Å². The molecule has 0 fully saturated rings. The number of aliphatic hydroxyl groups excluding tert-OH is 1. The summed E-state index contributed by atoms with van der Waals surface area (Å²) in [4.78, 5) is 0. The van der Waals surface area contributed by atoms with Crippen molar-refractivity contribution in [2.24, 2.45) is 0 Å². The molecule has 3 nitrogen and oxygen atoms in total. The summed E-state index contributed by atoms with van der Waals surface area (Å²) < 4.78 is 12.8. The van der Waals surface area contributed by atoms with Gasteiger partial charge in [0.05, 0.1) is 6.54 Å².